The molecular formula is C30H35N5O5. The summed E-state index contributed by atoms with van der Waals surface area (Å²) >= 11 is 0. The fourth-order valence-corrected chi connectivity index (χ4v) is 4.44. The topological polar surface area (TPSA) is 108 Å². The maximum Gasteiger partial charge on any atom is 0.249 e. The first-order valence-electron chi connectivity index (χ1n) is 13.1. The van der Waals surface area contributed by atoms with E-state index in [0.717, 1.165) is 11.9 Å². The van der Waals surface area contributed by atoms with Gasteiger partial charge in [0.15, 0.2) is 11.5 Å². The molecule has 4 aromatic rings. The van der Waals surface area contributed by atoms with Crippen molar-refractivity contribution in [1.82, 2.24) is 20.3 Å². The van der Waals surface area contributed by atoms with Gasteiger partial charge in [0.2, 0.25) is 11.8 Å². The largest absolute Gasteiger partial charge is 0.497 e. The van der Waals surface area contributed by atoms with E-state index < -0.39 is 6.04 Å². The van der Waals surface area contributed by atoms with E-state index in [2.05, 4.69) is 29.5 Å². The van der Waals surface area contributed by atoms with Gasteiger partial charge in [0.05, 0.1) is 26.8 Å². The van der Waals surface area contributed by atoms with Crippen LogP contribution in [0, 0.1) is 5.92 Å². The van der Waals surface area contributed by atoms with Crippen LogP contribution in [-0.2, 0) is 16.1 Å². The highest BCUT2D eigenvalue weighted by Crippen LogP contribution is 2.35. The van der Waals surface area contributed by atoms with Crippen molar-refractivity contribution in [2.24, 2.45) is 5.92 Å². The molecule has 1 heterocycles. The molecule has 0 unspecified atom stereocenters. The van der Waals surface area contributed by atoms with E-state index in [4.69, 9.17) is 14.2 Å². The molecule has 1 N–H and O–H groups in total. The second kappa shape index (κ2) is 13.0. The molecule has 10 nitrogen and oxygen atoms in total. The number of carbonyl (C=O) groups is 2. The molecule has 2 amide bonds. The van der Waals surface area contributed by atoms with Gasteiger partial charge in [0.1, 0.15) is 23.9 Å². The molecule has 0 saturated carbocycles. The second-order valence-electron chi connectivity index (χ2n) is 9.69. The van der Waals surface area contributed by atoms with Crippen molar-refractivity contribution in [3.05, 3.63) is 72.3 Å². The number of fused-ring (bicyclic) bond motifs is 1. The van der Waals surface area contributed by atoms with Crippen LogP contribution < -0.4 is 24.4 Å². The van der Waals surface area contributed by atoms with E-state index in [1.165, 1.54) is 16.7 Å². The number of nitrogens with one attached hydrogen (secondary N) is 1. The fourth-order valence-electron chi connectivity index (χ4n) is 4.44. The first kappa shape index (κ1) is 28.4. The van der Waals surface area contributed by atoms with E-state index in [0.29, 0.717) is 46.5 Å². The Kier molecular flexibility index (Phi) is 9.21. The predicted molar refractivity (Wildman–Crippen MR) is 153 cm³/mol. The number of carbonyl (C=O) groups excluding carboxylic acids is 2. The van der Waals surface area contributed by atoms with Crippen LogP contribution in [0.4, 0.5) is 5.69 Å². The van der Waals surface area contributed by atoms with E-state index in [1.54, 1.807) is 56.7 Å². The summed E-state index contributed by atoms with van der Waals surface area (Å²) < 4.78 is 17.8. The van der Waals surface area contributed by atoms with Gasteiger partial charge in [-0.05, 0) is 66.4 Å². The molecule has 0 saturated heterocycles. The lowest BCUT2D eigenvalue weighted by atomic mass is 10.0. The molecule has 0 fully saturated rings. The average molecular weight is 546 g/mol. The summed E-state index contributed by atoms with van der Waals surface area (Å²) in [5.74, 6) is 1.33. The predicted octanol–water partition coefficient (Wildman–Crippen LogP) is 4.39. The quantitative estimate of drug-likeness (QED) is 0.281. The molecular weight excluding hydrogens is 510 g/mol. The molecule has 0 aliphatic rings. The molecule has 4 rings (SSSR count). The summed E-state index contributed by atoms with van der Waals surface area (Å²) in [5.41, 5.74) is 2.48. The Bertz CT molecular complexity index is 1450. The fraction of sp³-hybridized carbons (Fsp3) is 0.333. The SMILES string of the molecule is COc1ccc(N(C(=O)Cn2nnc3ccccc32)[C@@H](C(=O)NCCC(C)C)c2ccc(OC)c(OC)c2)cc1. The molecule has 0 aliphatic carbocycles. The third-order valence-electron chi connectivity index (χ3n) is 6.58. The van der Waals surface area contributed by atoms with Gasteiger partial charge in [-0.1, -0.05) is 37.3 Å². The van der Waals surface area contributed by atoms with Crippen molar-refractivity contribution in [2.75, 3.05) is 32.8 Å². The molecule has 0 radical (unpaired) electrons. The van der Waals surface area contributed by atoms with Gasteiger partial charge >= 0.3 is 0 Å². The third kappa shape index (κ3) is 6.33. The van der Waals surface area contributed by atoms with E-state index in [9.17, 15) is 9.59 Å². The first-order chi connectivity index (χ1) is 19.4. The van der Waals surface area contributed by atoms with Crippen LogP contribution in [0.2, 0.25) is 0 Å². The number of ether oxygens (including phenoxy) is 3. The zero-order valence-corrected chi connectivity index (χ0v) is 23.5. The zero-order chi connectivity index (χ0) is 28.6. The lowest BCUT2D eigenvalue weighted by Crippen LogP contribution is -2.45. The molecule has 0 aliphatic heterocycles. The van der Waals surface area contributed by atoms with Crippen LogP contribution in [0.15, 0.2) is 66.7 Å². The van der Waals surface area contributed by atoms with Gasteiger partial charge in [0.25, 0.3) is 0 Å². The average Bonchev–Trinajstić information content (AvgIpc) is 3.37. The lowest BCUT2D eigenvalue weighted by molar-refractivity contribution is -0.127. The van der Waals surface area contributed by atoms with E-state index >= 15 is 0 Å². The summed E-state index contributed by atoms with van der Waals surface area (Å²) in [6, 6.07) is 18.6. The van der Waals surface area contributed by atoms with E-state index in [-0.39, 0.29) is 18.4 Å². The van der Waals surface area contributed by atoms with Gasteiger partial charge in [-0.2, -0.15) is 0 Å². The summed E-state index contributed by atoms with van der Waals surface area (Å²) in [4.78, 5) is 29.5. The smallest absolute Gasteiger partial charge is 0.249 e. The molecule has 0 bridgehead atoms. The van der Waals surface area contributed by atoms with Gasteiger partial charge in [-0.3, -0.25) is 14.5 Å². The van der Waals surface area contributed by atoms with Crippen molar-refractivity contribution >= 4 is 28.5 Å². The number of amides is 2. The third-order valence-corrected chi connectivity index (χ3v) is 6.58. The van der Waals surface area contributed by atoms with Gasteiger partial charge in [0, 0.05) is 12.2 Å². The van der Waals surface area contributed by atoms with Crippen LogP contribution >= 0.6 is 0 Å². The molecule has 1 atom stereocenters. The van der Waals surface area contributed by atoms with Crippen LogP contribution in [0.25, 0.3) is 11.0 Å². The van der Waals surface area contributed by atoms with Crippen molar-refractivity contribution in [2.45, 2.75) is 32.9 Å². The van der Waals surface area contributed by atoms with Crippen LogP contribution in [0.1, 0.15) is 31.9 Å². The Labute approximate surface area is 233 Å². The number of methoxy groups -OCH3 is 3. The minimum absolute atomic E-state index is 0.129. The number of rotatable bonds is 12. The normalized spacial score (nSPS) is 11.8. The lowest BCUT2D eigenvalue weighted by Gasteiger charge is -2.32. The molecule has 10 heteroatoms. The van der Waals surface area contributed by atoms with Gasteiger partial charge < -0.3 is 19.5 Å². The molecule has 0 spiro atoms. The number of hydrogen-bond donors (Lipinski definition) is 1. The monoisotopic (exact) mass is 545 g/mol. The van der Waals surface area contributed by atoms with Crippen molar-refractivity contribution < 1.29 is 23.8 Å². The van der Waals surface area contributed by atoms with E-state index in [1.807, 2.05) is 24.3 Å². The number of anilines is 1. The van der Waals surface area contributed by atoms with Crippen molar-refractivity contribution in [3.8, 4) is 17.2 Å². The Balaban J connectivity index is 1.81. The summed E-state index contributed by atoms with van der Waals surface area (Å²) in [5, 5.41) is 11.4. The highest BCUT2D eigenvalue weighted by atomic mass is 16.5. The number of nitrogens with zero attached hydrogens (tertiary/aromatic N) is 4. The Morgan fingerprint density at radius 3 is 2.33 bits per heavy atom. The highest BCUT2D eigenvalue weighted by molar-refractivity contribution is 6.01. The molecule has 40 heavy (non-hydrogen) atoms. The van der Waals surface area contributed by atoms with Crippen molar-refractivity contribution in [1.29, 1.82) is 0 Å². The molecule has 1 aromatic heterocycles. The second-order valence-corrected chi connectivity index (χ2v) is 9.69. The highest BCUT2D eigenvalue weighted by Gasteiger charge is 2.34. The molecule has 3 aromatic carbocycles. The minimum Gasteiger partial charge on any atom is -0.497 e. The number of para-hydroxylation sites is 1. The summed E-state index contributed by atoms with van der Waals surface area (Å²) in [6.07, 6.45) is 0.797. The maximum absolute atomic E-state index is 14.2. The first-order valence-corrected chi connectivity index (χ1v) is 13.1. The number of aromatic nitrogens is 3. The van der Waals surface area contributed by atoms with Gasteiger partial charge in [-0.25, -0.2) is 4.68 Å². The number of hydrogen-bond acceptors (Lipinski definition) is 7. The summed E-state index contributed by atoms with van der Waals surface area (Å²) in [7, 11) is 4.65. The minimum atomic E-state index is -1.01. The Hall–Kier alpha value is -4.60. The van der Waals surface area contributed by atoms with Crippen LogP contribution in [0.5, 0.6) is 17.2 Å². The summed E-state index contributed by atoms with van der Waals surface area (Å²) in [6.45, 7) is 4.52. The van der Waals surface area contributed by atoms with Crippen molar-refractivity contribution in [3.63, 3.8) is 0 Å². The Morgan fingerprint density at radius 2 is 1.65 bits per heavy atom. The maximum atomic E-state index is 14.2. The molecule has 210 valence electrons. The van der Waals surface area contributed by atoms with Gasteiger partial charge in [-0.15, -0.1) is 5.10 Å². The Morgan fingerprint density at radius 1 is 0.925 bits per heavy atom. The van der Waals surface area contributed by atoms with Crippen LogP contribution in [0.3, 0.4) is 0 Å². The number of benzene rings is 3. The van der Waals surface area contributed by atoms with Crippen LogP contribution in [-0.4, -0.2) is 54.7 Å². The zero-order valence-electron chi connectivity index (χ0n) is 23.5. The standard InChI is InChI=1S/C30H35N5O5/c1-20(2)16-17-31-30(37)29(21-10-15-26(39-4)27(18-21)40-5)35(22-11-13-23(38-3)14-12-22)28(36)19-34-25-9-7-6-8-24(25)32-33-34/h6-15,18,20,29H,16-17,19H2,1-5H3,(H,31,37)/t29-/m1/s1.